The first-order valence-electron chi connectivity index (χ1n) is 2.71. The molecule has 0 aromatic carbocycles. The number of hydrogen-bond donors (Lipinski definition) is 2. The second kappa shape index (κ2) is 7.21. The lowest BCUT2D eigenvalue weighted by atomic mass is 10.5. The molecule has 0 fully saturated rings. The highest BCUT2D eigenvalue weighted by atomic mass is 35.5. The molecular weight excluding hydrogens is 217 g/mol. The molecule has 0 aliphatic carbocycles. The number of pyridine rings is 1. The van der Waals surface area contributed by atoms with Crippen molar-refractivity contribution in [3.05, 3.63) is 24.5 Å². The molecule has 0 spiro atoms. The Morgan fingerprint density at radius 3 is 2.58 bits per heavy atom. The number of rotatable bonds is 1. The summed E-state index contributed by atoms with van der Waals surface area (Å²) in [5.41, 5.74) is 5.14. The van der Waals surface area contributed by atoms with Crippen LogP contribution in [0.2, 0.25) is 0 Å². The van der Waals surface area contributed by atoms with Crippen molar-refractivity contribution in [2.75, 3.05) is 0 Å². The van der Waals surface area contributed by atoms with Crippen LogP contribution < -0.4 is 5.73 Å². The van der Waals surface area contributed by atoms with Gasteiger partial charge in [0.2, 0.25) is 0 Å². The molecule has 6 heteroatoms. The lowest BCUT2D eigenvalue weighted by molar-refractivity contribution is 1.24. The van der Waals surface area contributed by atoms with E-state index < -0.39 is 0 Å². The molecule has 0 aliphatic rings. The van der Waals surface area contributed by atoms with Gasteiger partial charge in [-0.25, -0.2) is 0 Å². The third-order valence-electron chi connectivity index (χ3n) is 0.862. The summed E-state index contributed by atoms with van der Waals surface area (Å²) < 4.78 is 0. The van der Waals surface area contributed by atoms with Crippen LogP contribution in [0.15, 0.2) is 29.4 Å². The summed E-state index contributed by atoms with van der Waals surface area (Å²) in [4.78, 5) is 4.76. The Bertz CT molecular complexity index is 229. The predicted octanol–water partition coefficient (Wildman–Crippen LogP) is 1.91. The van der Waals surface area contributed by atoms with Crippen LogP contribution in [0.5, 0.6) is 0 Å². The van der Waals surface area contributed by atoms with E-state index in [2.05, 4.69) is 4.98 Å². The van der Waals surface area contributed by atoms with Gasteiger partial charge in [-0.2, -0.15) is 0 Å². The van der Waals surface area contributed by atoms with E-state index in [4.69, 9.17) is 11.1 Å². The molecule has 0 aliphatic heterocycles. The highest BCUT2D eigenvalue weighted by Gasteiger charge is 1.92. The fourth-order valence-electron chi connectivity index (χ4n) is 0.534. The molecule has 1 aromatic rings. The second-order valence-electron chi connectivity index (χ2n) is 1.66. The van der Waals surface area contributed by atoms with E-state index in [1.54, 1.807) is 12.4 Å². The highest BCUT2D eigenvalue weighted by molar-refractivity contribution is 8.13. The third kappa shape index (κ3) is 5.23. The molecule has 0 radical (unpaired) electrons. The zero-order chi connectivity index (χ0) is 7.40. The van der Waals surface area contributed by atoms with E-state index in [1.165, 1.54) is 11.8 Å². The SMILES string of the molecule is Cl.Cl.N=C(N)Sc1cccnc1. The minimum atomic E-state index is 0. The summed E-state index contributed by atoms with van der Waals surface area (Å²) in [6, 6.07) is 3.67. The van der Waals surface area contributed by atoms with Gasteiger partial charge in [0.15, 0.2) is 5.17 Å². The second-order valence-corrected chi connectivity index (χ2v) is 2.77. The summed E-state index contributed by atoms with van der Waals surface area (Å²) in [5.74, 6) is 0. The number of halogens is 2. The van der Waals surface area contributed by atoms with Crippen LogP contribution in [-0.4, -0.2) is 10.2 Å². The summed E-state index contributed by atoms with van der Waals surface area (Å²) in [7, 11) is 0. The Kier molecular flexibility index (Phi) is 8.47. The molecule has 0 saturated heterocycles. The number of nitrogens with one attached hydrogen (secondary N) is 1. The van der Waals surface area contributed by atoms with Gasteiger partial charge >= 0.3 is 0 Å². The largest absolute Gasteiger partial charge is 0.378 e. The molecule has 1 rings (SSSR count). The molecule has 0 amide bonds. The summed E-state index contributed by atoms with van der Waals surface area (Å²) in [6.07, 6.45) is 3.36. The van der Waals surface area contributed by atoms with Crippen molar-refractivity contribution in [2.45, 2.75) is 4.90 Å². The normalized spacial score (nSPS) is 7.67. The average Bonchev–Trinajstić information content (AvgIpc) is 1.88. The smallest absolute Gasteiger partial charge is 0.156 e. The van der Waals surface area contributed by atoms with Crippen molar-refractivity contribution in [3.8, 4) is 0 Å². The first kappa shape index (κ1) is 14.1. The maximum absolute atomic E-state index is 6.94. The van der Waals surface area contributed by atoms with Crippen molar-refractivity contribution in [2.24, 2.45) is 5.73 Å². The molecule has 1 heterocycles. The number of thioether (sulfide) groups is 1. The molecule has 1 aromatic heterocycles. The number of nitrogens with two attached hydrogens (primary N) is 1. The van der Waals surface area contributed by atoms with E-state index in [1.807, 2.05) is 12.1 Å². The van der Waals surface area contributed by atoms with Gasteiger partial charge in [0.25, 0.3) is 0 Å². The molecule has 0 saturated carbocycles. The summed E-state index contributed by atoms with van der Waals surface area (Å²) >= 11 is 1.20. The van der Waals surface area contributed by atoms with E-state index in [-0.39, 0.29) is 30.0 Å². The average molecular weight is 226 g/mol. The molecule has 3 nitrogen and oxygen atoms in total. The predicted molar refractivity (Wildman–Crippen MR) is 56.5 cm³/mol. The van der Waals surface area contributed by atoms with E-state index >= 15 is 0 Å². The van der Waals surface area contributed by atoms with Crippen LogP contribution in [0.1, 0.15) is 0 Å². The fraction of sp³-hybridized carbons (Fsp3) is 0. The number of hydrogen-bond acceptors (Lipinski definition) is 3. The van der Waals surface area contributed by atoms with Crippen LogP contribution in [-0.2, 0) is 0 Å². The van der Waals surface area contributed by atoms with Crippen LogP contribution in [0, 0.1) is 5.41 Å². The van der Waals surface area contributed by atoms with E-state index in [9.17, 15) is 0 Å². The Morgan fingerprint density at radius 1 is 1.50 bits per heavy atom. The Balaban J connectivity index is 0. The van der Waals surface area contributed by atoms with Crippen molar-refractivity contribution < 1.29 is 0 Å². The molecule has 12 heavy (non-hydrogen) atoms. The Morgan fingerprint density at radius 2 is 2.17 bits per heavy atom. The van der Waals surface area contributed by atoms with E-state index in [0.717, 1.165) is 4.90 Å². The number of nitrogens with zero attached hydrogens (tertiary/aromatic N) is 1. The number of amidine groups is 1. The third-order valence-corrected chi connectivity index (χ3v) is 1.56. The van der Waals surface area contributed by atoms with Crippen molar-refractivity contribution in [1.82, 2.24) is 4.98 Å². The van der Waals surface area contributed by atoms with Crippen LogP contribution in [0.4, 0.5) is 0 Å². The van der Waals surface area contributed by atoms with Gasteiger partial charge in [-0.15, -0.1) is 24.8 Å². The van der Waals surface area contributed by atoms with Crippen LogP contribution >= 0.6 is 36.6 Å². The Labute approximate surface area is 87.5 Å². The minimum Gasteiger partial charge on any atom is -0.378 e. The standard InChI is InChI=1S/C6H7N3S.2ClH/c7-6(8)10-5-2-1-3-9-4-5;;/h1-4H,(H3,7,8);2*1H. The monoisotopic (exact) mass is 225 g/mol. The lowest BCUT2D eigenvalue weighted by Crippen LogP contribution is -2.02. The van der Waals surface area contributed by atoms with Gasteiger partial charge in [0, 0.05) is 17.3 Å². The lowest BCUT2D eigenvalue weighted by Gasteiger charge is -1.94. The maximum atomic E-state index is 6.94. The minimum absolute atomic E-state index is 0. The molecule has 0 unspecified atom stereocenters. The topological polar surface area (TPSA) is 62.8 Å². The maximum Gasteiger partial charge on any atom is 0.156 e. The highest BCUT2D eigenvalue weighted by Crippen LogP contribution is 2.13. The Hall–Kier alpha value is -0.450. The van der Waals surface area contributed by atoms with Crippen molar-refractivity contribution in [3.63, 3.8) is 0 Å². The molecule has 0 atom stereocenters. The van der Waals surface area contributed by atoms with E-state index in [0.29, 0.717) is 0 Å². The summed E-state index contributed by atoms with van der Waals surface area (Å²) in [5, 5.41) is 7.04. The van der Waals surface area contributed by atoms with Gasteiger partial charge in [-0.3, -0.25) is 10.4 Å². The first-order chi connectivity index (χ1) is 4.79. The molecule has 3 N–H and O–H groups in total. The van der Waals surface area contributed by atoms with Gasteiger partial charge in [-0.05, 0) is 12.1 Å². The fourth-order valence-corrected chi connectivity index (χ4v) is 1.05. The zero-order valence-electron chi connectivity index (χ0n) is 6.06. The number of aromatic nitrogens is 1. The first-order valence-corrected chi connectivity index (χ1v) is 3.52. The van der Waals surface area contributed by atoms with Crippen LogP contribution in [0.3, 0.4) is 0 Å². The van der Waals surface area contributed by atoms with Gasteiger partial charge in [-0.1, -0.05) is 11.8 Å². The van der Waals surface area contributed by atoms with Crippen LogP contribution in [0.25, 0.3) is 0 Å². The molecule has 68 valence electrons. The zero-order valence-corrected chi connectivity index (χ0v) is 8.51. The molecule has 0 bridgehead atoms. The van der Waals surface area contributed by atoms with Gasteiger partial charge < -0.3 is 5.73 Å². The van der Waals surface area contributed by atoms with Gasteiger partial charge in [0.05, 0.1) is 0 Å². The van der Waals surface area contributed by atoms with Crippen molar-refractivity contribution >= 4 is 41.7 Å². The quantitative estimate of drug-likeness (QED) is 0.436. The van der Waals surface area contributed by atoms with Crippen molar-refractivity contribution in [1.29, 1.82) is 5.41 Å². The molecular formula is C6H9Cl2N3S. The van der Waals surface area contributed by atoms with Gasteiger partial charge in [0.1, 0.15) is 0 Å². The summed E-state index contributed by atoms with van der Waals surface area (Å²) in [6.45, 7) is 0.